The second-order valence-corrected chi connectivity index (χ2v) is 3.84. The fourth-order valence-corrected chi connectivity index (χ4v) is 1.72. The number of nitrogens with one attached hydrogen (secondary N) is 1. The van der Waals surface area contributed by atoms with Gasteiger partial charge in [-0.05, 0) is 27.6 Å². The largest absolute Gasteiger partial charge is 0.481 e. The fourth-order valence-electron chi connectivity index (χ4n) is 1.27. The molecule has 1 unspecified atom stereocenters. The summed E-state index contributed by atoms with van der Waals surface area (Å²) >= 11 is 3.24. The monoisotopic (exact) mass is 259 g/mol. The number of allylic oxidation sites excluding steroid dienone is 2. The van der Waals surface area contributed by atoms with Crippen molar-refractivity contribution in [3.63, 3.8) is 0 Å². The highest BCUT2D eigenvalue weighted by Crippen LogP contribution is 2.21. The molecule has 0 aromatic heterocycles. The molecular formula is C9H10BrNO3. The van der Waals surface area contributed by atoms with Gasteiger partial charge in [-0.25, -0.2) is 0 Å². The Balaban J connectivity index is 2.82. The summed E-state index contributed by atoms with van der Waals surface area (Å²) in [5, 5.41) is 11.8. The average molecular weight is 260 g/mol. The van der Waals surface area contributed by atoms with Gasteiger partial charge in [0, 0.05) is 23.6 Å². The van der Waals surface area contributed by atoms with E-state index in [0.29, 0.717) is 18.4 Å². The smallest absolute Gasteiger partial charge is 0.311 e. The van der Waals surface area contributed by atoms with Crippen molar-refractivity contribution in [2.75, 3.05) is 6.54 Å². The van der Waals surface area contributed by atoms with Crippen molar-refractivity contribution in [3.05, 3.63) is 22.3 Å². The van der Waals surface area contributed by atoms with Crippen molar-refractivity contribution in [1.29, 1.82) is 0 Å². The molecule has 1 rings (SSSR count). The normalized spacial score (nSPS) is 17.5. The molecule has 1 atom stereocenters. The third-order valence-corrected chi connectivity index (χ3v) is 2.40. The summed E-state index contributed by atoms with van der Waals surface area (Å²) in [6.45, 7) is 0.472. The number of carboxylic acids is 1. The SMILES string of the molecule is O=CCC(C(=O)O)C1=CC(Br)=CNC1. The van der Waals surface area contributed by atoms with Crippen molar-refractivity contribution < 1.29 is 14.7 Å². The number of carbonyl (C=O) groups is 2. The van der Waals surface area contributed by atoms with E-state index < -0.39 is 11.9 Å². The molecule has 14 heavy (non-hydrogen) atoms. The van der Waals surface area contributed by atoms with Gasteiger partial charge in [-0.1, -0.05) is 0 Å². The quantitative estimate of drug-likeness (QED) is 0.741. The summed E-state index contributed by atoms with van der Waals surface area (Å²) in [7, 11) is 0. The van der Waals surface area contributed by atoms with E-state index in [9.17, 15) is 9.59 Å². The molecule has 1 heterocycles. The number of rotatable bonds is 4. The van der Waals surface area contributed by atoms with Gasteiger partial charge in [0.05, 0.1) is 5.92 Å². The molecule has 76 valence electrons. The zero-order valence-corrected chi connectivity index (χ0v) is 8.95. The summed E-state index contributed by atoms with van der Waals surface area (Å²) in [6.07, 6.45) is 4.12. The van der Waals surface area contributed by atoms with Gasteiger partial charge in [-0.2, -0.15) is 0 Å². The molecule has 0 bridgehead atoms. The first-order valence-corrected chi connectivity index (χ1v) is 4.90. The molecule has 1 aliphatic rings. The molecule has 0 aromatic rings. The zero-order valence-electron chi connectivity index (χ0n) is 7.37. The molecule has 0 saturated carbocycles. The first-order valence-electron chi connectivity index (χ1n) is 4.11. The van der Waals surface area contributed by atoms with E-state index in [1.165, 1.54) is 0 Å². The predicted molar refractivity (Wildman–Crippen MR) is 54.9 cm³/mol. The molecule has 0 aliphatic carbocycles. The number of carboxylic acid groups (broad SMARTS) is 1. The van der Waals surface area contributed by atoms with Crippen molar-refractivity contribution in [2.24, 2.45) is 5.92 Å². The van der Waals surface area contributed by atoms with Crippen molar-refractivity contribution in [2.45, 2.75) is 6.42 Å². The number of dihydropyridines is 1. The molecule has 0 saturated heterocycles. The third-order valence-electron chi connectivity index (χ3n) is 1.95. The van der Waals surface area contributed by atoms with E-state index in [2.05, 4.69) is 21.2 Å². The van der Waals surface area contributed by atoms with Crippen LogP contribution < -0.4 is 5.32 Å². The van der Waals surface area contributed by atoms with Gasteiger partial charge in [-0.3, -0.25) is 4.79 Å². The summed E-state index contributed by atoms with van der Waals surface area (Å²) in [6, 6.07) is 0. The van der Waals surface area contributed by atoms with Crippen LogP contribution in [-0.2, 0) is 9.59 Å². The van der Waals surface area contributed by atoms with Crippen LogP contribution in [0.2, 0.25) is 0 Å². The van der Waals surface area contributed by atoms with Crippen LogP contribution in [0.15, 0.2) is 22.3 Å². The maximum atomic E-state index is 10.8. The topological polar surface area (TPSA) is 66.4 Å². The molecular weight excluding hydrogens is 250 g/mol. The summed E-state index contributed by atoms with van der Waals surface area (Å²) in [5.41, 5.74) is 0.707. The molecule has 0 aromatic carbocycles. The number of halogens is 1. The molecule has 0 radical (unpaired) electrons. The Morgan fingerprint density at radius 3 is 3.00 bits per heavy atom. The fraction of sp³-hybridized carbons (Fsp3) is 0.333. The highest BCUT2D eigenvalue weighted by Gasteiger charge is 2.22. The van der Waals surface area contributed by atoms with Crippen LogP contribution in [0.25, 0.3) is 0 Å². The van der Waals surface area contributed by atoms with E-state index in [-0.39, 0.29) is 6.42 Å². The van der Waals surface area contributed by atoms with Crippen molar-refractivity contribution in [3.8, 4) is 0 Å². The van der Waals surface area contributed by atoms with E-state index >= 15 is 0 Å². The molecule has 2 N–H and O–H groups in total. The molecule has 4 nitrogen and oxygen atoms in total. The lowest BCUT2D eigenvalue weighted by Crippen LogP contribution is -2.25. The molecule has 0 fully saturated rings. The van der Waals surface area contributed by atoms with Gasteiger partial charge in [0.1, 0.15) is 6.29 Å². The van der Waals surface area contributed by atoms with Gasteiger partial charge in [0.25, 0.3) is 0 Å². The van der Waals surface area contributed by atoms with Crippen LogP contribution in [-0.4, -0.2) is 23.9 Å². The number of hydrogen-bond donors (Lipinski definition) is 2. The van der Waals surface area contributed by atoms with Crippen LogP contribution in [0.5, 0.6) is 0 Å². The number of aldehydes is 1. The Kier molecular flexibility index (Phi) is 3.88. The Labute approximate surface area is 89.8 Å². The highest BCUT2D eigenvalue weighted by molar-refractivity contribution is 9.11. The van der Waals surface area contributed by atoms with Crippen LogP contribution >= 0.6 is 15.9 Å². The Bertz CT molecular complexity index is 309. The predicted octanol–water partition coefficient (Wildman–Crippen LogP) is 1.04. The van der Waals surface area contributed by atoms with Gasteiger partial charge < -0.3 is 15.2 Å². The zero-order chi connectivity index (χ0) is 10.6. The van der Waals surface area contributed by atoms with Crippen LogP contribution in [0, 0.1) is 5.92 Å². The van der Waals surface area contributed by atoms with Gasteiger partial charge in [-0.15, -0.1) is 0 Å². The second kappa shape index (κ2) is 4.95. The first-order chi connectivity index (χ1) is 6.65. The van der Waals surface area contributed by atoms with E-state index in [1.807, 2.05) is 0 Å². The number of hydrogen-bond acceptors (Lipinski definition) is 3. The van der Waals surface area contributed by atoms with E-state index in [0.717, 1.165) is 4.48 Å². The van der Waals surface area contributed by atoms with Crippen molar-refractivity contribution in [1.82, 2.24) is 5.32 Å². The molecule has 1 aliphatic heterocycles. The van der Waals surface area contributed by atoms with Gasteiger partial charge >= 0.3 is 5.97 Å². The lowest BCUT2D eigenvalue weighted by molar-refractivity contribution is -0.141. The Morgan fingerprint density at radius 2 is 2.50 bits per heavy atom. The summed E-state index contributed by atoms with van der Waals surface area (Å²) < 4.78 is 0.788. The van der Waals surface area contributed by atoms with E-state index in [1.54, 1.807) is 12.3 Å². The minimum atomic E-state index is -0.965. The van der Waals surface area contributed by atoms with Crippen molar-refractivity contribution >= 4 is 28.2 Å². The minimum absolute atomic E-state index is 0.0170. The van der Waals surface area contributed by atoms with Crippen LogP contribution in [0.1, 0.15) is 6.42 Å². The standard InChI is InChI=1S/C9H10BrNO3/c10-7-3-6(4-11-5-7)8(1-2-12)9(13)14/h2-3,5,8,11H,1,4H2,(H,13,14). The lowest BCUT2D eigenvalue weighted by atomic mass is 9.95. The van der Waals surface area contributed by atoms with Crippen LogP contribution in [0.4, 0.5) is 0 Å². The maximum absolute atomic E-state index is 10.8. The van der Waals surface area contributed by atoms with Gasteiger partial charge in [0.15, 0.2) is 0 Å². The molecule has 0 spiro atoms. The number of carbonyl (C=O) groups excluding carboxylic acids is 1. The van der Waals surface area contributed by atoms with Crippen LogP contribution in [0.3, 0.4) is 0 Å². The van der Waals surface area contributed by atoms with Gasteiger partial charge in [0.2, 0.25) is 0 Å². The Hall–Kier alpha value is -1.10. The lowest BCUT2D eigenvalue weighted by Gasteiger charge is -2.17. The Morgan fingerprint density at radius 1 is 1.79 bits per heavy atom. The molecule has 0 amide bonds. The second-order valence-electron chi connectivity index (χ2n) is 2.92. The summed E-state index contributed by atoms with van der Waals surface area (Å²) in [5.74, 6) is -1.69. The highest BCUT2D eigenvalue weighted by atomic mass is 79.9. The third kappa shape index (κ3) is 2.70. The van der Waals surface area contributed by atoms with E-state index in [4.69, 9.17) is 5.11 Å². The first kappa shape index (κ1) is 11.0. The molecule has 5 heteroatoms. The summed E-state index contributed by atoms with van der Waals surface area (Å²) in [4.78, 5) is 21.1. The maximum Gasteiger partial charge on any atom is 0.311 e. The minimum Gasteiger partial charge on any atom is -0.481 e. The average Bonchev–Trinajstić information content (AvgIpc) is 2.13. The number of aliphatic carboxylic acids is 1.